The Morgan fingerprint density at radius 3 is 2.00 bits per heavy atom. The van der Waals surface area contributed by atoms with Crippen molar-refractivity contribution >= 4 is 22.0 Å². The van der Waals surface area contributed by atoms with Crippen LogP contribution in [0.4, 0.5) is 5.69 Å². The van der Waals surface area contributed by atoms with E-state index in [2.05, 4.69) is 4.90 Å². The smallest absolute Gasteiger partial charge is 0.243 e. The summed E-state index contributed by atoms with van der Waals surface area (Å²) < 4.78 is 32.4. The lowest BCUT2D eigenvalue weighted by molar-refractivity contribution is 0.112. The first kappa shape index (κ1) is 19.4. The van der Waals surface area contributed by atoms with Crippen molar-refractivity contribution in [1.29, 1.82) is 0 Å². The quantitative estimate of drug-likeness (QED) is 0.737. The van der Waals surface area contributed by atoms with Gasteiger partial charge in [0.1, 0.15) is 12.0 Å². The average Bonchev–Trinajstić information content (AvgIpc) is 2.67. The largest absolute Gasteiger partial charge is 0.497 e. The van der Waals surface area contributed by atoms with Gasteiger partial charge in [0.15, 0.2) is 0 Å². The zero-order valence-electron chi connectivity index (χ0n) is 15.8. The summed E-state index contributed by atoms with van der Waals surface area (Å²) in [6, 6.07) is 10.2. The summed E-state index contributed by atoms with van der Waals surface area (Å²) >= 11 is 0. The molecule has 0 bridgehead atoms. The summed E-state index contributed by atoms with van der Waals surface area (Å²) in [6.45, 7) is 6.02. The number of anilines is 1. The van der Waals surface area contributed by atoms with Crippen molar-refractivity contribution in [3.8, 4) is 5.75 Å². The van der Waals surface area contributed by atoms with Gasteiger partial charge in [-0.2, -0.15) is 4.31 Å². The molecule has 0 unspecified atom stereocenters. The van der Waals surface area contributed by atoms with E-state index in [-0.39, 0.29) is 4.90 Å². The minimum absolute atomic E-state index is 0.277. The number of sulfonamides is 1. The lowest BCUT2D eigenvalue weighted by Gasteiger charge is -2.37. The molecule has 1 aliphatic rings. The zero-order chi connectivity index (χ0) is 19.6. The van der Waals surface area contributed by atoms with Gasteiger partial charge in [-0.3, -0.25) is 4.79 Å². The summed E-state index contributed by atoms with van der Waals surface area (Å²) in [7, 11) is -1.97. The molecule has 2 aromatic rings. The predicted molar refractivity (Wildman–Crippen MR) is 105 cm³/mol. The van der Waals surface area contributed by atoms with Crippen LogP contribution in [0.5, 0.6) is 5.75 Å². The van der Waals surface area contributed by atoms with E-state index >= 15 is 0 Å². The third kappa shape index (κ3) is 3.84. The summed E-state index contributed by atoms with van der Waals surface area (Å²) in [5.41, 5.74) is 3.81. The van der Waals surface area contributed by atoms with E-state index in [1.165, 1.54) is 4.31 Å². The van der Waals surface area contributed by atoms with Gasteiger partial charge in [0.05, 0.1) is 12.0 Å². The molecule has 0 saturated carbocycles. The van der Waals surface area contributed by atoms with Gasteiger partial charge >= 0.3 is 0 Å². The number of rotatable bonds is 5. The second-order valence-corrected chi connectivity index (χ2v) is 8.63. The van der Waals surface area contributed by atoms with Gasteiger partial charge in [0.2, 0.25) is 10.0 Å². The molecule has 1 heterocycles. The number of carbonyl (C=O) groups excluding carboxylic acids is 1. The van der Waals surface area contributed by atoms with Gasteiger partial charge in [0, 0.05) is 37.4 Å². The lowest BCUT2D eigenvalue weighted by atomic mass is 10.0. The molecule has 0 aliphatic carbocycles. The number of aldehydes is 1. The van der Waals surface area contributed by atoms with Crippen LogP contribution in [0.3, 0.4) is 0 Å². The van der Waals surface area contributed by atoms with Gasteiger partial charge in [-0.1, -0.05) is 0 Å². The summed E-state index contributed by atoms with van der Waals surface area (Å²) in [5, 5.41) is 0. The molecule has 0 amide bonds. The minimum atomic E-state index is -3.52. The number of carbonyl (C=O) groups is 1. The predicted octanol–water partition coefficient (Wildman–Crippen LogP) is 2.64. The standard InChI is InChI=1S/C20H24N2O4S/c1-15-12-17(14-23)13-16(2)20(15)21-8-10-22(11-9-21)27(24,25)19-6-4-18(26-3)5-7-19/h4-7,12-14H,8-11H2,1-3H3. The molecule has 2 aromatic carbocycles. The Balaban J connectivity index is 1.76. The molecule has 27 heavy (non-hydrogen) atoms. The maximum absolute atomic E-state index is 12.9. The third-order valence-electron chi connectivity index (χ3n) is 4.90. The Hall–Kier alpha value is -2.38. The molecule has 0 atom stereocenters. The Bertz CT molecular complexity index is 908. The highest BCUT2D eigenvalue weighted by Gasteiger charge is 2.29. The maximum atomic E-state index is 12.9. The fraction of sp³-hybridized carbons (Fsp3) is 0.350. The Morgan fingerprint density at radius 1 is 0.963 bits per heavy atom. The maximum Gasteiger partial charge on any atom is 0.243 e. The van der Waals surface area contributed by atoms with E-state index in [1.54, 1.807) is 31.4 Å². The molecule has 6 nitrogen and oxygen atoms in total. The van der Waals surface area contributed by atoms with Crippen molar-refractivity contribution < 1.29 is 17.9 Å². The fourth-order valence-corrected chi connectivity index (χ4v) is 5.03. The average molecular weight is 388 g/mol. The number of aryl methyl sites for hydroxylation is 2. The van der Waals surface area contributed by atoms with E-state index in [0.717, 1.165) is 23.1 Å². The Labute approximate surface area is 160 Å². The Morgan fingerprint density at radius 2 is 1.52 bits per heavy atom. The highest BCUT2D eigenvalue weighted by molar-refractivity contribution is 7.89. The van der Waals surface area contributed by atoms with E-state index in [9.17, 15) is 13.2 Å². The number of hydrogen-bond donors (Lipinski definition) is 0. The van der Waals surface area contributed by atoms with Crippen LogP contribution in [0.2, 0.25) is 0 Å². The minimum Gasteiger partial charge on any atom is -0.497 e. The van der Waals surface area contributed by atoms with Gasteiger partial charge < -0.3 is 9.64 Å². The van der Waals surface area contributed by atoms with Gasteiger partial charge in [-0.15, -0.1) is 0 Å². The molecular weight excluding hydrogens is 364 g/mol. The number of ether oxygens (including phenoxy) is 1. The summed E-state index contributed by atoms with van der Waals surface area (Å²) in [4.78, 5) is 13.5. The molecule has 1 saturated heterocycles. The number of benzene rings is 2. The number of piperazine rings is 1. The SMILES string of the molecule is COc1ccc(S(=O)(=O)N2CCN(c3c(C)cc(C=O)cc3C)CC2)cc1. The molecule has 1 aliphatic heterocycles. The second kappa shape index (κ2) is 7.70. The molecule has 0 N–H and O–H groups in total. The van der Waals surface area contributed by atoms with E-state index < -0.39 is 10.0 Å². The van der Waals surface area contributed by atoms with Crippen LogP contribution in [-0.2, 0) is 10.0 Å². The molecular formula is C20H24N2O4S. The summed E-state index contributed by atoms with van der Waals surface area (Å²) in [6.07, 6.45) is 0.850. The topological polar surface area (TPSA) is 66.9 Å². The summed E-state index contributed by atoms with van der Waals surface area (Å²) in [5.74, 6) is 0.628. The molecule has 0 spiro atoms. The van der Waals surface area contributed by atoms with Crippen molar-refractivity contribution in [3.63, 3.8) is 0 Å². The van der Waals surface area contributed by atoms with Crippen molar-refractivity contribution in [1.82, 2.24) is 4.31 Å². The molecule has 0 aromatic heterocycles. The first-order chi connectivity index (χ1) is 12.9. The molecule has 144 valence electrons. The zero-order valence-corrected chi connectivity index (χ0v) is 16.6. The normalized spacial score (nSPS) is 15.6. The second-order valence-electron chi connectivity index (χ2n) is 6.69. The van der Waals surface area contributed by atoms with Crippen molar-refractivity contribution in [3.05, 3.63) is 53.1 Å². The van der Waals surface area contributed by atoms with E-state index in [4.69, 9.17) is 4.74 Å². The monoisotopic (exact) mass is 388 g/mol. The van der Waals surface area contributed by atoms with Crippen LogP contribution in [0.25, 0.3) is 0 Å². The van der Waals surface area contributed by atoms with Crippen LogP contribution in [0, 0.1) is 13.8 Å². The number of methoxy groups -OCH3 is 1. The van der Waals surface area contributed by atoms with Crippen molar-refractivity contribution in [2.45, 2.75) is 18.7 Å². The first-order valence-corrected chi connectivity index (χ1v) is 10.3. The molecule has 3 rings (SSSR count). The first-order valence-electron chi connectivity index (χ1n) is 8.82. The number of hydrogen-bond acceptors (Lipinski definition) is 5. The molecule has 0 radical (unpaired) electrons. The fourth-order valence-electron chi connectivity index (χ4n) is 3.61. The van der Waals surface area contributed by atoms with Gasteiger partial charge in [-0.05, 0) is 61.4 Å². The van der Waals surface area contributed by atoms with E-state index in [1.807, 2.05) is 26.0 Å². The van der Waals surface area contributed by atoms with Gasteiger partial charge in [-0.25, -0.2) is 8.42 Å². The van der Waals surface area contributed by atoms with Crippen LogP contribution in [-0.4, -0.2) is 52.3 Å². The highest BCUT2D eigenvalue weighted by Crippen LogP contribution is 2.28. The Kier molecular flexibility index (Phi) is 5.53. The highest BCUT2D eigenvalue weighted by atomic mass is 32.2. The van der Waals surface area contributed by atoms with E-state index in [0.29, 0.717) is 37.5 Å². The van der Waals surface area contributed by atoms with Crippen LogP contribution in [0.1, 0.15) is 21.5 Å². The van der Waals surface area contributed by atoms with Crippen LogP contribution in [0.15, 0.2) is 41.3 Å². The molecule has 7 heteroatoms. The van der Waals surface area contributed by atoms with Crippen molar-refractivity contribution in [2.24, 2.45) is 0 Å². The van der Waals surface area contributed by atoms with Crippen LogP contribution >= 0.6 is 0 Å². The lowest BCUT2D eigenvalue weighted by Crippen LogP contribution is -2.49. The van der Waals surface area contributed by atoms with Gasteiger partial charge in [0.25, 0.3) is 0 Å². The third-order valence-corrected chi connectivity index (χ3v) is 6.81. The van der Waals surface area contributed by atoms with Crippen LogP contribution < -0.4 is 9.64 Å². The van der Waals surface area contributed by atoms with Crippen molar-refractivity contribution in [2.75, 3.05) is 38.2 Å². The molecule has 1 fully saturated rings. The number of nitrogens with zero attached hydrogens (tertiary/aromatic N) is 2.